The van der Waals surface area contributed by atoms with E-state index in [1.807, 2.05) is 12.3 Å². The number of guanidine groups is 1. The van der Waals surface area contributed by atoms with Crippen molar-refractivity contribution in [2.24, 2.45) is 4.99 Å². The third-order valence-corrected chi connectivity index (χ3v) is 5.73. The van der Waals surface area contributed by atoms with Crippen molar-refractivity contribution in [2.75, 3.05) is 25.0 Å². The molecule has 0 unspecified atom stereocenters. The Balaban J connectivity index is 0.00000261. The number of hydrogen-bond donors (Lipinski definition) is 2. The molecule has 1 fully saturated rings. The molecule has 1 aliphatic rings. The van der Waals surface area contributed by atoms with Crippen molar-refractivity contribution >= 4 is 47.0 Å². The van der Waals surface area contributed by atoms with Gasteiger partial charge in [-0.1, -0.05) is 13.0 Å². The van der Waals surface area contributed by atoms with Gasteiger partial charge in [0.2, 0.25) is 0 Å². The van der Waals surface area contributed by atoms with Crippen molar-refractivity contribution in [3.8, 4) is 0 Å². The number of anilines is 1. The third kappa shape index (κ3) is 6.31. The average molecular weight is 503 g/mol. The second-order valence-electron chi connectivity index (χ2n) is 6.39. The Kier molecular flexibility index (Phi) is 8.75. The van der Waals surface area contributed by atoms with Crippen LogP contribution < -0.4 is 15.5 Å². The maximum Gasteiger partial charge on any atom is 0.191 e. The molecule has 8 heteroatoms. The summed E-state index contributed by atoms with van der Waals surface area (Å²) in [6.45, 7) is 4.64. The number of rotatable bonds is 5. The summed E-state index contributed by atoms with van der Waals surface area (Å²) in [7, 11) is 1.79. The molecule has 1 aromatic heterocycles. The van der Waals surface area contributed by atoms with Gasteiger partial charge in [-0.2, -0.15) is 0 Å². The molecule has 0 atom stereocenters. The topological polar surface area (TPSA) is 52.6 Å². The first kappa shape index (κ1) is 21.9. The first-order valence-corrected chi connectivity index (χ1v) is 9.91. The molecule has 2 N–H and O–H groups in total. The van der Waals surface area contributed by atoms with Gasteiger partial charge < -0.3 is 15.5 Å². The molecule has 0 radical (unpaired) electrons. The van der Waals surface area contributed by atoms with Crippen LogP contribution in [0.15, 0.2) is 35.5 Å². The molecule has 0 aliphatic carbocycles. The zero-order valence-electron chi connectivity index (χ0n) is 15.7. The zero-order chi connectivity index (χ0) is 18.4. The lowest BCUT2D eigenvalue weighted by molar-refractivity contribution is 0.461. The maximum atomic E-state index is 13.4. The van der Waals surface area contributed by atoms with E-state index in [1.165, 1.54) is 10.9 Å². The summed E-state index contributed by atoms with van der Waals surface area (Å²) >= 11 is 1.74. The molecular weight excluding hydrogens is 476 g/mol. The number of nitrogens with zero attached hydrogens (tertiary/aromatic N) is 3. The number of hydrogen-bond acceptors (Lipinski definition) is 4. The third-order valence-electron chi connectivity index (χ3n) is 4.59. The molecule has 2 heterocycles. The monoisotopic (exact) mass is 503 g/mol. The number of thiazole rings is 1. The van der Waals surface area contributed by atoms with E-state index >= 15 is 0 Å². The van der Waals surface area contributed by atoms with Crippen molar-refractivity contribution < 1.29 is 4.39 Å². The van der Waals surface area contributed by atoms with Crippen LogP contribution in [-0.2, 0) is 13.0 Å². The van der Waals surface area contributed by atoms with Crippen molar-refractivity contribution in [3.05, 3.63) is 46.2 Å². The smallest absolute Gasteiger partial charge is 0.191 e. The number of aliphatic imine (C=N–C) groups is 1. The van der Waals surface area contributed by atoms with Crippen LogP contribution in [0.25, 0.3) is 0 Å². The molecule has 1 aliphatic heterocycles. The number of piperidine rings is 1. The van der Waals surface area contributed by atoms with Gasteiger partial charge in [0, 0.05) is 42.9 Å². The van der Waals surface area contributed by atoms with Crippen LogP contribution in [0.2, 0.25) is 0 Å². The second-order valence-corrected chi connectivity index (χ2v) is 7.58. The summed E-state index contributed by atoms with van der Waals surface area (Å²) in [5.74, 6) is 0.628. The molecule has 1 saturated heterocycles. The Hall–Kier alpha value is -1.42. The number of benzene rings is 1. The summed E-state index contributed by atoms with van der Waals surface area (Å²) in [5.41, 5.74) is 0.960. The second kappa shape index (κ2) is 10.8. The highest BCUT2D eigenvalue weighted by Gasteiger charge is 2.20. The predicted octanol–water partition coefficient (Wildman–Crippen LogP) is 3.80. The van der Waals surface area contributed by atoms with Crippen LogP contribution in [0.3, 0.4) is 0 Å². The highest BCUT2D eigenvalue weighted by atomic mass is 127. The molecule has 0 amide bonds. The molecule has 27 heavy (non-hydrogen) atoms. The Morgan fingerprint density at radius 3 is 2.78 bits per heavy atom. The molecule has 0 spiro atoms. The summed E-state index contributed by atoms with van der Waals surface area (Å²) in [4.78, 5) is 12.3. The van der Waals surface area contributed by atoms with E-state index < -0.39 is 0 Å². The highest BCUT2D eigenvalue weighted by molar-refractivity contribution is 14.0. The number of halogens is 2. The van der Waals surface area contributed by atoms with Crippen LogP contribution in [0.4, 0.5) is 10.1 Å². The Bertz CT molecular complexity index is 743. The first-order valence-electron chi connectivity index (χ1n) is 9.09. The van der Waals surface area contributed by atoms with Crippen LogP contribution in [-0.4, -0.2) is 37.1 Å². The van der Waals surface area contributed by atoms with Crippen LogP contribution >= 0.6 is 35.3 Å². The van der Waals surface area contributed by atoms with Crippen molar-refractivity contribution in [3.63, 3.8) is 0 Å². The van der Waals surface area contributed by atoms with Crippen LogP contribution in [0.1, 0.15) is 29.7 Å². The minimum absolute atomic E-state index is 0. The summed E-state index contributed by atoms with van der Waals surface area (Å²) in [5, 5.41) is 7.91. The highest BCUT2D eigenvalue weighted by Crippen LogP contribution is 2.20. The minimum Gasteiger partial charge on any atom is -0.371 e. The van der Waals surface area contributed by atoms with Crippen molar-refractivity contribution in [1.82, 2.24) is 15.6 Å². The number of aromatic nitrogens is 1. The van der Waals surface area contributed by atoms with Gasteiger partial charge in [-0.05, 0) is 37.5 Å². The molecule has 2 aromatic rings. The van der Waals surface area contributed by atoms with Gasteiger partial charge in [0.25, 0.3) is 0 Å². The molecule has 148 valence electrons. The van der Waals surface area contributed by atoms with Crippen molar-refractivity contribution in [2.45, 2.75) is 38.8 Å². The van der Waals surface area contributed by atoms with Crippen LogP contribution in [0, 0.1) is 5.82 Å². The zero-order valence-corrected chi connectivity index (χ0v) is 18.9. The van der Waals surface area contributed by atoms with Gasteiger partial charge >= 0.3 is 0 Å². The molecule has 0 saturated carbocycles. The van der Waals surface area contributed by atoms with E-state index in [1.54, 1.807) is 30.5 Å². The van der Waals surface area contributed by atoms with Gasteiger partial charge in [0.05, 0.1) is 6.54 Å². The fraction of sp³-hybridized carbons (Fsp3) is 0.474. The number of nitrogens with one attached hydrogen (secondary N) is 2. The summed E-state index contributed by atoms with van der Waals surface area (Å²) < 4.78 is 13.4. The van der Waals surface area contributed by atoms with Gasteiger partial charge in [0.15, 0.2) is 5.96 Å². The fourth-order valence-corrected chi connectivity index (χ4v) is 3.90. The van der Waals surface area contributed by atoms with Gasteiger partial charge in [0.1, 0.15) is 10.8 Å². The Morgan fingerprint density at radius 2 is 2.15 bits per heavy atom. The normalized spacial score (nSPS) is 15.4. The average Bonchev–Trinajstić information content (AvgIpc) is 3.14. The fourth-order valence-electron chi connectivity index (χ4n) is 3.10. The molecule has 0 bridgehead atoms. The number of aryl methyl sites for hydroxylation is 1. The quantitative estimate of drug-likeness (QED) is 0.371. The molecule has 1 aromatic carbocycles. The van der Waals surface area contributed by atoms with Gasteiger partial charge in [-0.25, -0.2) is 9.37 Å². The minimum atomic E-state index is -0.180. The molecule has 3 rings (SSSR count). The van der Waals surface area contributed by atoms with Gasteiger partial charge in [-0.15, -0.1) is 35.3 Å². The summed E-state index contributed by atoms with van der Waals surface area (Å²) in [6.07, 6.45) is 4.96. The van der Waals surface area contributed by atoms with E-state index in [0.717, 1.165) is 49.0 Å². The van der Waals surface area contributed by atoms with Crippen LogP contribution in [0.5, 0.6) is 0 Å². The van der Waals surface area contributed by atoms with E-state index in [0.29, 0.717) is 12.6 Å². The lowest BCUT2D eigenvalue weighted by Crippen LogP contribution is -2.48. The van der Waals surface area contributed by atoms with E-state index in [2.05, 4.69) is 32.4 Å². The van der Waals surface area contributed by atoms with Gasteiger partial charge in [-0.3, -0.25) is 4.99 Å². The molecule has 5 nitrogen and oxygen atoms in total. The lowest BCUT2D eigenvalue weighted by atomic mass is 10.0. The Labute approximate surface area is 181 Å². The Morgan fingerprint density at radius 1 is 1.37 bits per heavy atom. The maximum absolute atomic E-state index is 13.4. The summed E-state index contributed by atoms with van der Waals surface area (Å²) in [6, 6.07) is 7.19. The standard InChI is InChI=1S/C19H26FN5S.HI/c1-3-17-12-22-18(26-17)13-23-19(21-2)24-15-7-9-25(10-8-15)16-6-4-5-14(20)11-16;/h4-6,11-12,15H,3,7-10,13H2,1-2H3,(H2,21,23,24);1H. The molecular formula is C19H27FIN5S. The lowest BCUT2D eigenvalue weighted by Gasteiger charge is -2.34. The van der Waals surface area contributed by atoms with E-state index in [-0.39, 0.29) is 29.8 Å². The SMILES string of the molecule is CCc1cnc(CNC(=NC)NC2CCN(c3cccc(F)c3)CC2)s1.I. The predicted molar refractivity (Wildman–Crippen MR) is 122 cm³/mol. The first-order chi connectivity index (χ1) is 12.7. The van der Waals surface area contributed by atoms with E-state index in [9.17, 15) is 4.39 Å². The largest absolute Gasteiger partial charge is 0.371 e. The van der Waals surface area contributed by atoms with E-state index in [4.69, 9.17) is 0 Å². The van der Waals surface area contributed by atoms with Crippen molar-refractivity contribution in [1.29, 1.82) is 0 Å².